The van der Waals surface area contributed by atoms with Crippen molar-refractivity contribution in [3.05, 3.63) is 20.9 Å². The van der Waals surface area contributed by atoms with Gasteiger partial charge in [0.25, 0.3) is 0 Å². The van der Waals surface area contributed by atoms with Crippen LogP contribution in [-0.2, 0) is 17.9 Å². The molecule has 1 aromatic rings. The van der Waals surface area contributed by atoms with E-state index in [0.717, 1.165) is 6.07 Å². The summed E-state index contributed by atoms with van der Waals surface area (Å²) in [6, 6.07) is 1.08. The predicted molar refractivity (Wildman–Crippen MR) is 59.8 cm³/mol. The van der Waals surface area contributed by atoms with Crippen molar-refractivity contribution >= 4 is 28.6 Å². The van der Waals surface area contributed by atoms with E-state index in [9.17, 15) is 22.4 Å². The summed E-state index contributed by atoms with van der Waals surface area (Å²) in [6.45, 7) is -1.19. The molecule has 1 rings (SSSR count). The molecule has 0 unspecified atom stereocenters. The van der Waals surface area contributed by atoms with E-state index in [1.807, 2.05) is 0 Å². The predicted octanol–water partition coefficient (Wildman–Crippen LogP) is 2.68. The summed E-state index contributed by atoms with van der Waals surface area (Å²) in [5.41, 5.74) is -0.495. The van der Waals surface area contributed by atoms with Gasteiger partial charge in [-0.2, -0.15) is 0 Å². The molecule has 1 N–H and O–H groups in total. The highest BCUT2D eigenvalue weighted by atomic mass is 127. The van der Waals surface area contributed by atoms with Gasteiger partial charge in [0.05, 0.1) is 12.1 Å². The van der Waals surface area contributed by atoms with Crippen molar-refractivity contribution in [3.8, 4) is 5.88 Å². The largest absolute Gasteiger partial charge is 0.574 e. The molecule has 0 atom stereocenters. The highest BCUT2D eigenvalue weighted by molar-refractivity contribution is 14.1. The third kappa shape index (κ3) is 4.27. The molecule has 0 aliphatic rings. The van der Waals surface area contributed by atoms with Gasteiger partial charge < -0.3 is 9.84 Å². The Bertz CT molecular complexity index is 464. The van der Waals surface area contributed by atoms with E-state index in [1.54, 1.807) is 22.6 Å². The highest BCUT2D eigenvalue weighted by Gasteiger charge is 2.33. The lowest BCUT2D eigenvalue weighted by Crippen LogP contribution is -2.20. The number of pyridine rings is 1. The fourth-order valence-corrected chi connectivity index (χ4v) is 1.79. The highest BCUT2D eigenvalue weighted by Crippen LogP contribution is 2.28. The second-order valence-electron chi connectivity index (χ2n) is 3.13. The molecule has 0 aliphatic heterocycles. The topological polar surface area (TPSA) is 59.4 Å². The van der Waals surface area contributed by atoms with Crippen molar-refractivity contribution in [2.45, 2.75) is 19.5 Å². The van der Waals surface area contributed by atoms with Crippen LogP contribution in [0.25, 0.3) is 0 Å². The Morgan fingerprint density at radius 2 is 2.11 bits per heavy atom. The van der Waals surface area contributed by atoms with Crippen LogP contribution in [0, 0.1) is 3.57 Å². The Balaban J connectivity index is 3.17. The molecule has 0 radical (unpaired) electrons. The third-order valence-electron chi connectivity index (χ3n) is 1.76. The maximum absolute atomic E-state index is 12.5. The lowest BCUT2D eigenvalue weighted by atomic mass is 10.2. The van der Waals surface area contributed by atoms with Gasteiger partial charge in [-0.3, -0.25) is 4.79 Å². The molecular formula is C9H6F4INO3. The van der Waals surface area contributed by atoms with Crippen molar-refractivity contribution in [3.63, 3.8) is 0 Å². The third-order valence-corrected chi connectivity index (χ3v) is 2.70. The number of alkyl halides is 4. The minimum atomic E-state index is -5.01. The van der Waals surface area contributed by atoms with Gasteiger partial charge in [0, 0.05) is 9.13 Å². The summed E-state index contributed by atoms with van der Waals surface area (Å²) in [5.74, 6) is -2.21. The van der Waals surface area contributed by atoms with E-state index < -0.39 is 31.3 Å². The quantitative estimate of drug-likeness (QED) is 0.646. The number of halogens is 5. The Hall–Kier alpha value is -1.13. The standard InChI is InChI=1S/C9H6F4INO3/c10-3-4-1-5(14)6(2-7(16)17)15-8(4)18-9(11,12)13/h1H,2-3H2,(H,16,17). The fraction of sp³-hybridized carbons (Fsp3) is 0.333. The SMILES string of the molecule is O=C(O)Cc1nc(OC(F)(F)F)c(CF)cc1I. The average molecular weight is 379 g/mol. The zero-order valence-electron chi connectivity index (χ0n) is 8.59. The van der Waals surface area contributed by atoms with Crippen LogP contribution in [0.1, 0.15) is 11.3 Å². The van der Waals surface area contributed by atoms with Gasteiger partial charge in [0.2, 0.25) is 5.88 Å². The molecule has 0 spiro atoms. The summed E-state index contributed by atoms with van der Waals surface area (Å²) in [6.07, 6.45) is -5.58. The van der Waals surface area contributed by atoms with Gasteiger partial charge in [0.1, 0.15) is 6.67 Å². The summed E-state index contributed by atoms with van der Waals surface area (Å²) in [5, 5.41) is 8.56. The van der Waals surface area contributed by atoms with Gasteiger partial charge in [-0.1, -0.05) is 0 Å². The number of nitrogens with zero attached hydrogens (tertiary/aromatic N) is 1. The molecule has 4 nitrogen and oxygen atoms in total. The number of rotatable bonds is 4. The molecule has 0 amide bonds. The number of ether oxygens (including phenoxy) is 1. The van der Waals surface area contributed by atoms with E-state index in [4.69, 9.17) is 5.11 Å². The zero-order valence-corrected chi connectivity index (χ0v) is 10.7. The van der Waals surface area contributed by atoms with Crippen LogP contribution in [0.3, 0.4) is 0 Å². The second-order valence-corrected chi connectivity index (χ2v) is 4.30. The zero-order chi connectivity index (χ0) is 13.9. The number of hydrogen-bond donors (Lipinski definition) is 1. The average Bonchev–Trinajstić information content (AvgIpc) is 2.19. The smallest absolute Gasteiger partial charge is 0.481 e. The van der Waals surface area contributed by atoms with Crippen LogP contribution in [0.5, 0.6) is 5.88 Å². The van der Waals surface area contributed by atoms with Gasteiger partial charge in [-0.25, -0.2) is 9.37 Å². The summed E-state index contributed by atoms with van der Waals surface area (Å²) in [4.78, 5) is 13.9. The molecule has 0 saturated heterocycles. The van der Waals surface area contributed by atoms with E-state index >= 15 is 0 Å². The van der Waals surface area contributed by atoms with Gasteiger partial charge in [-0.05, 0) is 28.7 Å². The van der Waals surface area contributed by atoms with Crippen LogP contribution >= 0.6 is 22.6 Å². The van der Waals surface area contributed by atoms with Crippen molar-refractivity contribution in [2.75, 3.05) is 0 Å². The maximum atomic E-state index is 12.5. The van der Waals surface area contributed by atoms with Crippen molar-refractivity contribution in [1.82, 2.24) is 4.98 Å². The molecule has 0 saturated carbocycles. The normalized spacial score (nSPS) is 11.4. The molecule has 18 heavy (non-hydrogen) atoms. The van der Waals surface area contributed by atoms with Gasteiger partial charge >= 0.3 is 12.3 Å². The number of carboxylic acids is 1. The van der Waals surface area contributed by atoms with Crippen LogP contribution in [0.2, 0.25) is 0 Å². The van der Waals surface area contributed by atoms with Crippen molar-refractivity contribution in [1.29, 1.82) is 0 Å². The van der Waals surface area contributed by atoms with Crippen LogP contribution in [-0.4, -0.2) is 22.4 Å². The van der Waals surface area contributed by atoms with E-state index in [-0.39, 0.29) is 14.8 Å². The molecule has 0 aromatic carbocycles. The second kappa shape index (κ2) is 5.67. The van der Waals surface area contributed by atoms with Gasteiger partial charge in [0.15, 0.2) is 0 Å². The van der Waals surface area contributed by atoms with Crippen LogP contribution < -0.4 is 4.74 Å². The monoisotopic (exact) mass is 379 g/mol. The molecule has 1 aromatic heterocycles. The minimum Gasteiger partial charge on any atom is -0.481 e. The first kappa shape index (κ1) is 14.9. The molecule has 100 valence electrons. The summed E-state index contributed by atoms with van der Waals surface area (Å²) < 4.78 is 52.5. The molecule has 0 fully saturated rings. The Kier molecular flexibility index (Phi) is 4.71. The lowest BCUT2D eigenvalue weighted by molar-refractivity contribution is -0.276. The number of aliphatic carboxylic acids is 1. The Morgan fingerprint density at radius 3 is 2.56 bits per heavy atom. The number of aromatic nitrogens is 1. The summed E-state index contributed by atoms with van der Waals surface area (Å²) >= 11 is 1.67. The Labute approximate surface area is 112 Å². The molecule has 0 bridgehead atoms. The molecule has 9 heteroatoms. The van der Waals surface area contributed by atoms with Gasteiger partial charge in [-0.15, -0.1) is 13.2 Å². The van der Waals surface area contributed by atoms with E-state index in [2.05, 4.69) is 9.72 Å². The van der Waals surface area contributed by atoms with Crippen molar-refractivity contribution < 1.29 is 32.2 Å². The number of carbonyl (C=O) groups is 1. The lowest BCUT2D eigenvalue weighted by Gasteiger charge is -2.12. The first-order valence-electron chi connectivity index (χ1n) is 4.44. The fourth-order valence-electron chi connectivity index (χ4n) is 1.11. The number of carboxylic acid groups (broad SMARTS) is 1. The molecule has 0 aliphatic carbocycles. The first-order valence-corrected chi connectivity index (χ1v) is 5.52. The number of hydrogen-bond acceptors (Lipinski definition) is 3. The maximum Gasteiger partial charge on any atom is 0.574 e. The van der Waals surface area contributed by atoms with E-state index in [1.165, 1.54) is 0 Å². The van der Waals surface area contributed by atoms with Crippen LogP contribution in [0.4, 0.5) is 17.6 Å². The first-order chi connectivity index (χ1) is 8.23. The molecule has 1 heterocycles. The minimum absolute atomic E-state index is 0.112. The van der Waals surface area contributed by atoms with Crippen molar-refractivity contribution in [2.24, 2.45) is 0 Å². The summed E-state index contributed by atoms with van der Waals surface area (Å²) in [7, 11) is 0. The molecular weight excluding hydrogens is 373 g/mol. The Morgan fingerprint density at radius 1 is 1.50 bits per heavy atom. The van der Waals surface area contributed by atoms with E-state index in [0.29, 0.717) is 0 Å². The van der Waals surface area contributed by atoms with Crippen LogP contribution in [0.15, 0.2) is 6.07 Å².